The van der Waals surface area contributed by atoms with Crippen LogP contribution in [0.4, 0.5) is 4.79 Å². The van der Waals surface area contributed by atoms with Gasteiger partial charge in [0.25, 0.3) is 0 Å². The molecule has 0 aromatic heterocycles. The molecule has 0 fully saturated rings. The lowest BCUT2D eigenvalue weighted by atomic mass is 9.93. The van der Waals surface area contributed by atoms with Gasteiger partial charge in [0.05, 0.1) is 23.7 Å². The van der Waals surface area contributed by atoms with Crippen LogP contribution in [0.5, 0.6) is 11.5 Å². The summed E-state index contributed by atoms with van der Waals surface area (Å²) >= 11 is 3.45. The number of benzene rings is 1. The zero-order chi connectivity index (χ0) is 21.7. The smallest absolute Gasteiger partial charge is 0.347 e. The number of ketones is 1. The molecule has 0 bridgehead atoms. The van der Waals surface area contributed by atoms with Gasteiger partial charge in [-0.05, 0) is 68.2 Å². The van der Waals surface area contributed by atoms with E-state index in [9.17, 15) is 14.4 Å². The number of carbonyl (C=O) groups is 3. The minimum absolute atomic E-state index is 0.162. The molecule has 8 nitrogen and oxygen atoms in total. The zero-order valence-electron chi connectivity index (χ0n) is 17.1. The van der Waals surface area contributed by atoms with Crippen LogP contribution in [0.25, 0.3) is 0 Å². The summed E-state index contributed by atoms with van der Waals surface area (Å²) in [4.78, 5) is 36.1. The van der Waals surface area contributed by atoms with E-state index >= 15 is 0 Å². The summed E-state index contributed by atoms with van der Waals surface area (Å²) in [7, 11) is 0. The highest BCUT2D eigenvalue weighted by atomic mass is 79.9. The molecular weight excluding hydrogens is 444 g/mol. The van der Waals surface area contributed by atoms with Crippen molar-refractivity contribution in [3.63, 3.8) is 0 Å². The van der Waals surface area contributed by atoms with Gasteiger partial charge in [-0.3, -0.25) is 4.79 Å². The van der Waals surface area contributed by atoms with E-state index in [4.69, 9.17) is 14.2 Å². The highest BCUT2D eigenvalue weighted by Crippen LogP contribution is 2.41. The van der Waals surface area contributed by atoms with E-state index in [-0.39, 0.29) is 12.4 Å². The number of hydrogen-bond acceptors (Lipinski definition) is 6. The van der Waals surface area contributed by atoms with Gasteiger partial charge in [0.1, 0.15) is 0 Å². The van der Waals surface area contributed by atoms with Crippen LogP contribution in [-0.4, -0.2) is 37.1 Å². The first-order valence-electron chi connectivity index (χ1n) is 9.28. The number of carbonyl (C=O) groups excluding carboxylic acids is 3. The molecule has 0 aliphatic carbocycles. The third-order valence-electron chi connectivity index (χ3n) is 4.23. The summed E-state index contributed by atoms with van der Waals surface area (Å²) in [6, 6.07) is 2.37. The second-order valence-corrected chi connectivity index (χ2v) is 7.26. The topological polar surface area (TPSA) is 103 Å². The quantitative estimate of drug-likeness (QED) is 0.566. The highest BCUT2D eigenvalue weighted by Gasteiger charge is 2.31. The molecule has 29 heavy (non-hydrogen) atoms. The molecule has 1 aromatic rings. The van der Waals surface area contributed by atoms with E-state index in [1.165, 1.54) is 6.92 Å². The van der Waals surface area contributed by atoms with Crippen molar-refractivity contribution in [1.82, 2.24) is 10.6 Å². The Morgan fingerprint density at radius 1 is 1.24 bits per heavy atom. The van der Waals surface area contributed by atoms with Crippen LogP contribution in [0.15, 0.2) is 27.9 Å². The Balaban J connectivity index is 2.48. The summed E-state index contributed by atoms with van der Waals surface area (Å²) in [5, 5.41) is 5.38. The lowest BCUT2D eigenvalue weighted by Gasteiger charge is -2.29. The fourth-order valence-electron chi connectivity index (χ4n) is 3.03. The van der Waals surface area contributed by atoms with Crippen LogP contribution in [0, 0.1) is 0 Å². The molecule has 2 rings (SSSR count). The maximum Gasteiger partial charge on any atom is 0.347 e. The Morgan fingerprint density at radius 3 is 2.52 bits per heavy atom. The SMILES string of the molecule is CCOC(=O)[C@@H](C)Oc1c(Br)cc([C@H]2NC(=O)NC(C)=C2C(C)=O)cc1OCC. The number of hydrogen-bond donors (Lipinski definition) is 2. The molecule has 2 N–H and O–H groups in total. The van der Waals surface area contributed by atoms with Crippen molar-refractivity contribution < 1.29 is 28.6 Å². The van der Waals surface area contributed by atoms with Crippen LogP contribution in [0.2, 0.25) is 0 Å². The van der Waals surface area contributed by atoms with Crippen molar-refractivity contribution in [2.75, 3.05) is 13.2 Å². The van der Waals surface area contributed by atoms with E-state index in [0.717, 1.165) is 0 Å². The van der Waals surface area contributed by atoms with Gasteiger partial charge in [-0.15, -0.1) is 0 Å². The predicted octanol–water partition coefficient (Wildman–Crippen LogP) is 3.40. The Kier molecular flexibility index (Phi) is 7.66. The number of halogens is 1. The minimum Gasteiger partial charge on any atom is -0.490 e. The first kappa shape index (κ1) is 22.7. The van der Waals surface area contributed by atoms with Crippen LogP contribution >= 0.6 is 15.9 Å². The second-order valence-electron chi connectivity index (χ2n) is 6.40. The zero-order valence-corrected chi connectivity index (χ0v) is 18.6. The molecule has 1 aromatic carbocycles. The summed E-state index contributed by atoms with van der Waals surface area (Å²) in [5.74, 6) is 0.0576. The molecule has 1 aliphatic heterocycles. The summed E-state index contributed by atoms with van der Waals surface area (Å²) in [6.07, 6.45) is -0.843. The molecule has 0 unspecified atom stereocenters. The third-order valence-corrected chi connectivity index (χ3v) is 4.82. The molecule has 2 amide bonds. The Morgan fingerprint density at radius 2 is 1.93 bits per heavy atom. The molecule has 158 valence electrons. The summed E-state index contributed by atoms with van der Waals surface area (Å²) in [5.41, 5.74) is 1.58. The van der Waals surface area contributed by atoms with E-state index in [1.807, 2.05) is 6.92 Å². The number of ether oxygens (including phenoxy) is 3. The van der Waals surface area contributed by atoms with E-state index < -0.39 is 24.1 Å². The van der Waals surface area contributed by atoms with Crippen molar-refractivity contribution in [2.24, 2.45) is 0 Å². The van der Waals surface area contributed by atoms with Crippen LogP contribution in [-0.2, 0) is 14.3 Å². The van der Waals surface area contributed by atoms with Gasteiger partial charge in [0.15, 0.2) is 23.4 Å². The monoisotopic (exact) mass is 468 g/mol. The molecule has 1 aliphatic rings. The molecule has 0 saturated carbocycles. The third kappa shape index (κ3) is 5.29. The number of rotatable bonds is 8. The van der Waals surface area contributed by atoms with Crippen molar-refractivity contribution in [2.45, 2.75) is 46.8 Å². The lowest BCUT2D eigenvalue weighted by Crippen LogP contribution is -2.44. The van der Waals surface area contributed by atoms with Crippen molar-refractivity contribution >= 4 is 33.7 Å². The van der Waals surface area contributed by atoms with Gasteiger partial charge >= 0.3 is 12.0 Å². The first-order valence-corrected chi connectivity index (χ1v) is 10.1. The standard InChI is InChI=1S/C20H25BrN2O6/c1-6-27-15-9-13(17-16(11(4)24)10(3)22-20(26)23-17)8-14(21)18(15)29-12(5)19(25)28-7-2/h8-9,12,17H,6-7H2,1-5H3,(H2,22,23,26)/t12-,17-/m1/s1. The number of esters is 1. The van der Waals surface area contributed by atoms with Gasteiger partial charge in [0, 0.05) is 11.3 Å². The number of amides is 2. The number of Topliss-reactive ketones (excluding diaryl/α,β-unsaturated/α-hetero) is 1. The van der Waals surface area contributed by atoms with Crippen LogP contribution in [0.1, 0.15) is 46.2 Å². The summed E-state index contributed by atoms with van der Waals surface area (Å²) < 4.78 is 17.0. The molecule has 1 heterocycles. The molecule has 9 heteroatoms. The Labute approximate surface area is 178 Å². The van der Waals surface area contributed by atoms with Gasteiger partial charge in [-0.25, -0.2) is 9.59 Å². The van der Waals surface area contributed by atoms with Gasteiger partial charge in [0.2, 0.25) is 0 Å². The Bertz CT molecular complexity index is 852. The van der Waals surface area contributed by atoms with Crippen LogP contribution in [0.3, 0.4) is 0 Å². The fourth-order valence-corrected chi connectivity index (χ4v) is 3.58. The van der Waals surface area contributed by atoms with E-state index in [2.05, 4.69) is 26.6 Å². The summed E-state index contributed by atoms with van der Waals surface area (Å²) in [6.45, 7) is 8.85. The van der Waals surface area contributed by atoms with Crippen molar-refractivity contribution in [3.05, 3.63) is 33.4 Å². The molecule has 0 spiro atoms. The average molecular weight is 469 g/mol. The number of urea groups is 1. The minimum atomic E-state index is -0.843. The van der Waals surface area contributed by atoms with E-state index in [0.29, 0.717) is 39.4 Å². The predicted molar refractivity (Wildman–Crippen MR) is 110 cm³/mol. The first-order chi connectivity index (χ1) is 13.7. The Hall–Kier alpha value is -2.55. The van der Waals surface area contributed by atoms with Crippen molar-refractivity contribution in [1.29, 1.82) is 0 Å². The average Bonchev–Trinajstić information content (AvgIpc) is 2.63. The second kappa shape index (κ2) is 9.78. The number of nitrogens with one attached hydrogen (secondary N) is 2. The van der Waals surface area contributed by atoms with Gasteiger partial charge in [-0.2, -0.15) is 0 Å². The molecule has 0 radical (unpaired) electrons. The molecule has 0 saturated heterocycles. The van der Waals surface area contributed by atoms with Gasteiger partial charge in [-0.1, -0.05) is 0 Å². The highest BCUT2D eigenvalue weighted by molar-refractivity contribution is 9.10. The van der Waals surface area contributed by atoms with Gasteiger partial charge < -0.3 is 24.8 Å². The largest absolute Gasteiger partial charge is 0.490 e. The molecular formula is C20H25BrN2O6. The maximum atomic E-state index is 12.2. The van der Waals surface area contributed by atoms with E-state index in [1.54, 1.807) is 32.9 Å². The maximum absolute atomic E-state index is 12.2. The lowest BCUT2D eigenvalue weighted by molar-refractivity contribution is -0.150. The van der Waals surface area contributed by atoms with Crippen LogP contribution < -0.4 is 20.1 Å². The normalized spacial score (nSPS) is 17.2. The number of allylic oxidation sites excluding steroid dienone is 1. The van der Waals surface area contributed by atoms with Crippen molar-refractivity contribution in [3.8, 4) is 11.5 Å². The molecule has 2 atom stereocenters. The fraction of sp³-hybridized carbons (Fsp3) is 0.450.